The molecule has 1 unspecified atom stereocenters. The number of benzene rings is 2. The molecule has 1 atom stereocenters. The fourth-order valence-electron chi connectivity index (χ4n) is 4.50. The Morgan fingerprint density at radius 3 is 1.93 bits per heavy atom. The van der Waals surface area contributed by atoms with Gasteiger partial charge in [-0.2, -0.15) is 0 Å². The number of hydrogen-bond acceptors (Lipinski definition) is 10. The zero-order valence-electron chi connectivity index (χ0n) is 23.1. The molecule has 2 aromatic carbocycles. The molecule has 42 heavy (non-hydrogen) atoms. The summed E-state index contributed by atoms with van der Waals surface area (Å²) in [6.07, 6.45) is 0.275. The number of nitrogens with one attached hydrogen (secondary N) is 2. The lowest BCUT2D eigenvalue weighted by molar-refractivity contribution is -0.121. The van der Waals surface area contributed by atoms with Crippen molar-refractivity contribution >= 4 is 29.3 Å². The van der Waals surface area contributed by atoms with Crippen molar-refractivity contribution in [2.75, 3.05) is 50.2 Å². The predicted molar refractivity (Wildman–Crippen MR) is 152 cm³/mol. The Kier molecular flexibility index (Phi) is 10.4. The molecule has 0 radical (unpaired) electrons. The summed E-state index contributed by atoms with van der Waals surface area (Å²) in [6.45, 7) is 2.88. The zero-order chi connectivity index (χ0) is 30.1. The quantitative estimate of drug-likeness (QED) is 0.140. The SMILES string of the molecule is CCCOCC(=O)Nc1ccc2c(c1)C(COC(=O)On1c(O)ccc1O)c1cc(NC(=O)COCCCN)ccc1-2. The molecule has 13 nitrogen and oxygen atoms in total. The van der Waals surface area contributed by atoms with E-state index in [9.17, 15) is 24.6 Å². The summed E-state index contributed by atoms with van der Waals surface area (Å²) in [7, 11) is 0. The molecule has 0 fully saturated rings. The number of carbonyl (C=O) groups excluding carboxylic acids is 3. The maximum absolute atomic E-state index is 12.5. The lowest BCUT2D eigenvalue weighted by atomic mass is 9.97. The third-order valence-corrected chi connectivity index (χ3v) is 6.35. The Morgan fingerprint density at radius 1 is 0.857 bits per heavy atom. The maximum atomic E-state index is 12.5. The first-order valence-corrected chi connectivity index (χ1v) is 13.5. The second kappa shape index (κ2) is 14.3. The molecule has 1 aromatic heterocycles. The highest BCUT2D eigenvalue weighted by molar-refractivity contribution is 5.94. The Labute approximate surface area is 242 Å². The van der Waals surface area contributed by atoms with Crippen LogP contribution in [-0.2, 0) is 23.8 Å². The molecule has 1 aliphatic carbocycles. The van der Waals surface area contributed by atoms with Gasteiger partial charge in [0.1, 0.15) is 19.8 Å². The third kappa shape index (κ3) is 7.57. The monoisotopic (exact) mass is 582 g/mol. The van der Waals surface area contributed by atoms with Crippen molar-refractivity contribution in [1.29, 1.82) is 0 Å². The molecular weight excluding hydrogens is 548 g/mol. The second-order valence-corrected chi connectivity index (χ2v) is 9.50. The Morgan fingerprint density at radius 2 is 1.40 bits per heavy atom. The van der Waals surface area contributed by atoms with Crippen molar-refractivity contribution in [3.63, 3.8) is 0 Å². The van der Waals surface area contributed by atoms with Crippen LogP contribution in [0.25, 0.3) is 11.1 Å². The van der Waals surface area contributed by atoms with Crippen molar-refractivity contribution < 1.29 is 43.6 Å². The minimum atomic E-state index is -1.16. The Balaban J connectivity index is 1.54. The number of aromatic hydroxyl groups is 2. The lowest BCUT2D eigenvalue weighted by Crippen LogP contribution is -2.22. The van der Waals surface area contributed by atoms with Gasteiger partial charge in [-0.1, -0.05) is 19.1 Å². The molecule has 3 aromatic rings. The largest absolute Gasteiger partial charge is 0.534 e. The molecule has 2 amide bonds. The highest BCUT2D eigenvalue weighted by Gasteiger charge is 2.31. The van der Waals surface area contributed by atoms with Crippen molar-refractivity contribution in [2.45, 2.75) is 25.7 Å². The molecule has 6 N–H and O–H groups in total. The molecule has 13 heteroatoms. The number of carbonyl (C=O) groups is 3. The van der Waals surface area contributed by atoms with Crippen LogP contribution in [0, 0.1) is 0 Å². The van der Waals surface area contributed by atoms with E-state index in [2.05, 4.69) is 10.6 Å². The van der Waals surface area contributed by atoms with Crippen LogP contribution in [0.5, 0.6) is 11.8 Å². The van der Waals surface area contributed by atoms with Crippen molar-refractivity contribution in [2.24, 2.45) is 5.73 Å². The molecule has 0 spiro atoms. The number of nitrogens with two attached hydrogens (primary N) is 1. The number of fused-ring (bicyclic) bond motifs is 3. The summed E-state index contributed by atoms with van der Waals surface area (Å²) < 4.78 is 16.5. The van der Waals surface area contributed by atoms with E-state index in [1.54, 1.807) is 24.3 Å². The molecule has 0 saturated heterocycles. The van der Waals surface area contributed by atoms with Crippen molar-refractivity contribution in [3.8, 4) is 22.9 Å². The predicted octanol–water partition coefficient (Wildman–Crippen LogP) is 2.95. The number of aromatic nitrogens is 1. The number of amides is 2. The van der Waals surface area contributed by atoms with E-state index in [0.29, 0.717) is 42.3 Å². The van der Waals surface area contributed by atoms with Gasteiger partial charge in [-0.3, -0.25) is 14.4 Å². The Hall–Kier alpha value is -4.59. The van der Waals surface area contributed by atoms with Crippen LogP contribution in [0.1, 0.15) is 36.8 Å². The van der Waals surface area contributed by atoms with E-state index in [4.69, 9.17) is 24.8 Å². The van der Waals surface area contributed by atoms with Gasteiger partial charge in [-0.05, 0) is 65.9 Å². The summed E-state index contributed by atoms with van der Waals surface area (Å²) in [6, 6.07) is 13.1. The van der Waals surface area contributed by atoms with E-state index < -0.39 is 23.8 Å². The first-order valence-electron chi connectivity index (χ1n) is 13.5. The summed E-state index contributed by atoms with van der Waals surface area (Å²) >= 11 is 0. The van der Waals surface area contributed by atoms with Gasteiger partial charge in [0.2, 0.25) is 23.6 Å². The number of hydrogen-bond donors (Lipinski definition) is 5. The summed E-state index contributed by atoms with van der Waals surface area (Å²) in [4.78, 5) is 42.1. The van der Waals surface area contributed by atoms with E-state index >= 15 is 0 Å². The highest BCUT2D eigenvalue weighted by atomic mass is 16.8. The van der Waals surface area contributed by atoms with Crippen LogP contribution in [0.15, 0.2) is 48.5 Å². The van der Waals surface area contributed by atoms with Crippen LogP contribution >= 0.6 is 0 Å². The van der Waals surface area contributed by atoms with Gasteiger partial charge in [0.15, 0.2) is 0 Å². The lowest BCUT2D eigenvalue weighted by Gasteiger charge is -2.16. The first kappa shape index (κ1) is 30.4. The van der Waals surface area contributed by atoms with Crippen molar-refractivity contribution in [3.05, 3.63) is 59.7 Å². The maximum Gasteiger partial charge on any atom is 0.534 e. The molecule has 224 valence electrons. The van der Waals surface area contributed by atoms with Gasteiger partial charge in [-0.25, -0.2) is 4.79 Å². The van der Waals surface area contributed by atoms with E-state index in [1.807, 2.05) is 19.1 Å². The van der Waals surface area contributed by atoms with Crippen LogP contribution in [0.3, 0.4) is 0 Å². The standard InChI is InChI=1S/C29H34N4O9/c1-2-11-39-16-25(34)31-18-4-6-20-21-7-5-19(32-26(35)17-40-12-3-10-30)14-23(21)24(22(20)13-18)15-41-29(38)42-33-27(36)8-9-28(33)37/h4-9,13-14,24,36-37H,2-3,10-12,15-17,30H2,1H3,(H,31,34)(H,32,35). The highest BCUT2D eigenvalue weighted by Crippen LogP contribution is 2.47. The normalized spacial score (nSPS) is 13.2. The molecule has 4 rings (SSSR count). The molecular formula is C29H34N4O9. The van der Waals surface area contributed by atoms with Gasteiger partial charge in [-0.15, -0.1) is 4.73 Å². The summed E-state index contributed by atoms with van der Waals surface area (Å²) in [5.74, 6) is -2.12. The van der Waals surface area contributed by atoms with E-state index in [-0.39, 0.29) is 31.6 Å². The average molecular weight is 583 g/mol. The third-order valence-electron chi connectivity index (χ3n) is 6.35. The fraction of sp³-hybridized carbons (Fsp3) is 0.345. The van der Waals surface area contributed by atoms with Gasteiger partial charge < -0.3 is 40.8 Å². The van der Waals surface area contributed by atoms with Crippen LogP contribution < -0.4 is 21.2 Å². The second-order valence-electron chi connectivity index (χ2n) is 9.50. The van der Waals surface area contributed by atoms with E-state index in [0.717, 1.165) is 40.8 Å². The first-order chi connectivity index (χ1) is 20.3. The van der Waals surface area contributed by atoms with Crippen LogP contribution in [0.2, 0.25) is 0 Å². The van der Waals surface area contributed by atoms with Gasteiger partial charge in [0, 0.05) is 42.6 Å². The molecule has 1 aliphatic rings. The average Bonchev–Trinajstić information content (AvgIpc) is 3.44. The molecule has 0 aliphatic heterocycles. The van der Waals surface area contributed by atoms with Gasteiger partial charge >= 0.3 is 6.16 Å². The minimum Gasteiger partial charge on any atom is -0.492 e. The fourth-order valence-corrected chi connectivity index (χ4v) is 4.50. The molecule has 0 bridgehead atoms. The van der Waals surface area contributed by atoms with Gasteiger partial charge in [0.05, 0.1) is 0 Å². The number of nitrogens with zero attached hydrogens (tertiary/aromatic N) is 1. The smallest absolute Gasteiger partial charge is 0.492 e. The number of anilines is 2. The van der Waals surface area contributed by atoms with E-state index in [1.165, 1.54) is 0 Å². The molecule has 1 heterocycles. The Bertz CT molecular complexity index is 1400. The van der Waals surface area contributed by atoms with Crippen molar-refractivity contribution in [1.82, 2.24) is 4.73 Å². The zero-order valence-corrected chi connectivity index (χ0v) is 23.1. The van der Waals surface area contributed by atoms with Gasteiger partial charge in [0.25, 0.3) is 0 Å². The molecule has 0 saturated carbocycles. The summed E-state index contributed by atoms with van der Waals surface area (Å²) in [5, 5.41) is 25.1. The van der Waals surface area contributed by atoms with Crippen LogP contribution in [-0.4, -0.2) is 72.5 Å². The minimum absolute atomic E-state index is 0.0817. The van der Waals surface area contributed by atoms with Crippen LogP contribution in [0.4, 0.5) is 16.2 Å². The number of ether oxygens (including phenoxy) is 3. The topological polar surface area (TPSA) is 184 Å². The number of rotatable bonds is 14. The summed E-state index contributed by atoms with van der Waals surface area (Å²) in [5.41, 5.74) is 9.75.